The Morgan fingerprint density at radius 1 is 1.14 bits per heavy atom. The Bertz CT molecular complexity index is 1420. The molecule has 0 atom stereocenters. The first kappa shape index (κ1) is 27.1. The molecular formula is C25H24F3N3O6. The maximum Gasteiger partial charge on any atom is 0.412 e. The van der Waals surface area contributed by atoms with Crippen molar-refractivity contribution in [3.05, 3.63) is 70.2 Å². The molecule has 0 bridgehead atoms. The number of ether oxygens (including phenoxy) is 2. The number of hydrogen-bond acceptors (Lipinski definition) is 7. The van der Waals surface area contributed by atoms with Crippen LogP contribution in [0.15, 0.2) is 46.1 Å². The van der Waals surface area contributed by atoms with Gasteiger partial charge in [-0.2, -0.15) is 0 Å². The fourth-order valence-electron chi connectivity index (χ4n) is 3.44. The molecule has 0 aliphatic carbocycles. The second-order valence-electron chi connectivity index (χ2n) is 7.63. The second kappa shape index (κ2) is 11.5. The maximum absolute atomic E-state index is 15.3. The molecule has 0 unspecified atom stereocenters. The predicted molar refractivity (Wildman–Crippen MR) is 130 cm³/mol. The van der Waals surface area contributed by atoms with Crippen LogP contribution in [0.25, 0.3) is 22.3 Å². The summed E-state index contributed by atoms with van der Waals surface area (Å²) in [6.45, 7) is 6.55. The normalized spacial score (nSPS) is 10.7. The molecule has 0 spiro atoms. The molecule has 2 aromatic carbocycles. The lowest BCUT2D eigenvalue weighted by molar-refractivity contribution is 0.0979. The monoisotopic (exact) mass is 519 g/mol. The fourth-order valence-corrected chi connectivity index (χ4v) is 3.44. The molecule has 3 N–H and O–H groups in total. The molecule has 1 aromatic heterocycles. The van der Waals surface area contributed by atoms with E-state index in [1.807, 2.05) is 0 Å². The number of rotatable bonds is 8. The zero-order chi connectivity index (χ0) is 27.3. The number of nitrogen functional groups attached to an aromatic ring is 1. The topological polar surface area (TPSA) is 124 Å². The molecule has 3 aromatic rings. The number of carbonyl (C=O) groups excluding carboxylic acids is 2. The van der Waals surface area contributed by atoms with E-state index in [9.17, 15) is 23.2 Å². The Hall–Kier alpha value is -4.48. The van der Waals surface area contributed by atoms with Gasteiger partial charge in [-0.3, -0.25) is 10.1 Å². The number of nitrogens with two attached hydrogens (primary N) is 1. The van der Waals surface area contributed by atoms with E-state index in [2.05, 4.69) is 11.9 Å². The van der Waals surface area contributed by atoms with Crippen LogP contribution in [0.5, 0.6) is 0 Å². The molecule has 0 aliphatic rings. The lowest BCUT2D eigenvalue weighted by atomic mass is 10.1. The molecule has 0 fully saturated rings. The smallest absolute Gasteiger partial charge is 0.412 e. The summed E-state index contributed by atoms with van der Waals surface area (Å²) in [7, 11) is 0. The van der Waals surface area contributed by atoms with Gasteiger partial charge < -0.3 is 24.5 Å². The molecule has 2 amide bonds. The summed E-state index contributed by atoms with van der Waals surface area (Å²) in [5, 5.41) is 1.64. The molecule has 0 saturated heterocycles. The summed E-state index contributed by atoms with van der Waals surface area (Å²) in [6.07, 6.45) is -0.383. The molecular weight excluding hydrogens is 495 g/mol. The lowest BCUT2D eigenvalue weighted by Gasteiger charge is -2.18. The van der Waals surface area contributed by atoms with Gasteiger partial charge in [0, 0.05) is 24.7 Å². The average Bonchev–Trinajstić information content (AvgIpc) is 2.87. The minimum atomic E-state index is -1.29. The molecule has 0 aliphatic heterocycles. The van der Waals surface area contributed by atoms with Crippen LogP contribution in [0.4, 0.5) is 34.1 Å². The Morgan fingerprint density at radius 3 is 2.46 bits per heavy atom. The Balaban J connectivity index is 2.01. The number of benzene rings is 2. The van der Waals surface area contributed by atoms with E-state index in [1.54, 1.807) is 13.8 Å². The largest absolute Gasteiger partial charge is 0.453 e. The Labute approximate surface area is 209 Å². The summed E-state index contributed by atoms with van der Waals surface area (Å²) in [6, 6.07) is 4.31. The third-order valence-corrected chi connectivity index (χ3v) is 5.37. The molecule has 12 heteroatoms. The molecule has 1 heterocycles. The number of anilines is 2. The highest BCUT2D eigenvalue weighted by atomic mass is 19.1. The summed E-state index contributed by atoms with van der Waals surface area (Å²) in [5.41, 5.74) is 2.57. The van der Waals surface area contributed by atoms with Crippen molar-refractivity contribution in [2.24, 2.45) is 0 Å². The van der Waals surface area contributed by atoms with E-state index in [0.717, 1.165) is 12.1 Å². The zero-order valence-electron chi connectivity index (χ0n) is 20.0. The predicted octanol–water partition coefficient (Wildman–Crippen LogP) is 5.17. The first-order chi connectivity index (χ1) is 17.6. The maximum atomic E-state index is 15.3. The SMILES string of the molecule is C=CCOC(=O)Nc1ccc(-c2cc(=O)c3c(N)c(F)c(COC(=O)N(CC)CC)c(F)c3o2)cc1F. The first-order valence-corrected chi connectivity index (χ1v) is 11.1. The first-order valence-electron chi connectivity index (χ1n) is 11.1. The molecule has 0 saturated carbocycles. The third kappa shape index (κ3) is 5.68. The van der Waals surface area contributed by atoms with Crippen LogP contribution in [0, 0.1) is 17.5 Å². The van der Waals surface area contributed by atoms with Crippen LogP contribution in [0.2, 0.25) is 0 Å². The number of carbonyl (C=O) groups is 2. The van der Waals surface area contributed by atoms with Crippen LogP contribution in [0.1, 0.15) is 19.4 Å². The summed E-state index contributed by atoms with van der Waals surface area (Å²) in [4.78, 5) is 37.7. The number of nitrogens with one attached hydrogen (secondary N) is 1. The Morgan fingerprint density at radius 2 is 1.84 bits per heavy atom. The van der Waals surface area contributed by atoms with Gasteiger partial charge in [0.1, 0.15) is 24.8 Å². The highest BCUT2D eigenvalue weighted by Crippen LogP contribution is 2.33. The van der Waals surface area contributed by atoms with Crippen LogP contribution >= 0.6 is 0 Å². The number of nitrogens with zero attached hydrogens (tertiary/aromatic N) is 1. The van der Waals surface area contributed by atoms with Gasteiger partial charge in [0.05, 0.1) is 22.3 Å². The fraction of sp³-hybridized carbons (Fsp3) is 0.240. The standard InChI is InChI=1S/C25H24F3N3O6/c1-4-9-35-24(33)30-16-8-7-13(10-15(16)26)18-11-17(32)19-22(29)20(27)14(21(28)23(19)37-18)12-36-25(34)31(5-2)6-3/h4,7-8,10-11H,1,5-6,9,12,29H2,2-3H3,(H,30,33). The van der Waals surface area contributed by atoms with E-state index in [4.69, 9.17) is 19.6 Å². The third-order valence-electron chi connectivity index (χ3n) is 5.37. The van der Waals surface area contributed by atoms with Gasteiger partial charge in [-0.05, 0) is 32.0 Å². The number of halogens is 3. The van der Waals surface area contributed by atoms with Gasteiger partial charge in [0.15, 0.2) is 22.6 Å². The van der Waals surface area contributed by atoms with Crippen molar-refractivity contribution in [2.45, 2.75) is 20.5 Å². The van der Waals surface area contributed by atoms with Gasteiger partial charge in [-0.15, -0.1) is 0 Å². The molecule has 9 nitrogen and oxygen atoms in total. The van der Waals surface area contributed by atoms with E-state index >= 15 is 4.39 Å². The highest BCUT2D eigenvalue weighted by Gasteiger charge is 2.25. The van der Waals surface area contributed by atoms with Crippen LogP contribution < -0.4 is 16.5 Å². The second-order valence-corrected chi connectivity index (χ2v) is 7.63. The van der Waals surface area contributed by atoms with Gasteiger partial charge in [-0.25, -0.2) is 22.8 Å². The average molecular weight is 519 g/mol. The van der Waals surface area contributed by atoms with Gasteiger partial charge in [0.25, 0.3) is 0 Å². The van der Waals surface area contributed by atoms with Gasteiger partial charge >= 0.3 is 12.2 Å². The number of amides is 2. The van der Waals surface area contributed by atoms with Crippen molar-refractivity contribution in [2.75, 3.05) is 30.7 Å². The lowest BCUT2D eigenvalue weighted by Crippen LogP contribution is -2.31. The van der Waals surface area contributed by atoms with Gasteiger partial charge in [-0.1, -0.05) is 12.7 Å². The summed E-state index contributed by atoms with van der Waals surface area (Å²) in [5.74, 6) is -3.72. The van der Waals surface area contributed by atoms with Crippen LogP contribution in [-0.4, -0.2) is 36.8 Å². The van der Waals surface area contributed by atoms with Gasteiger partial charge in [0.2, 0.25) is 0 Å². The van der Waals surface area contributed by atoms with Crippen molar-refractivity contribution >= 4 is 34.5 Å². The van der Waals surface area contributed by atoms with Crippen LogP contribution in [-0.2, 0) is 16.1 Å². The number of fused-ring (bicyclic) bond motifs is 1. The Kier molecular flexibility index (Phi) is 8.43. The van der Waals surface area contributed by atoms with Crippen molar-refractivity contribution in [1.82, 2.24) is 4.90 Å². The van der Waals surface area contributed by atoms with E-state index < -0.39 is 63.9 Å². The summed E-state index contributed by atoms with van der Waals surface area (Å²) < 4.78 is 60.0. The summed E-state index contributed by atoms with van der Waals surface area (Å²) >= 11 is 0. The quantitative estimate of drug-likeness (QED) is 0.311. The van der Waals surface area contributed by atoms with Crippen LogP contribution in [0.3, 0.4) is 0 Å². The minimum Gasteiger partial charge on any atom is -0.453 e. The van der Waals surface area contributed by atoms with E-state index in [1.165, 1.54) is 23.1 Å². The van der Waals surface area contributed by atoms with Crippen molar-refractivity contribution < 1.29 is 36.7 Å². The van der Waals surface area contributed by atoms with E-state index in [-0.39, 0.29) is 23.6 Å². The molecule has 3 rings (SSSR count). The number of hydrogen-bond donors (Lipinski definition) is 2. The molecule has 37 heavy (non-hydrogen) atoms. The van der Waals surface area contributed by atoms with Crippen molar-refractivity contribution in [3.8, 4) is 11.3 Å². The molecule has 0 radical (unpaired) electrons. The molecule has 196 valence electrons. The van der Waals surface area contributed by atoms with E-state index in [0.29, 0.717) is 13.1 Å². The van der Waals surface area contributed by atoms with Crippen molar-refractivity contribution in [1.29, 1.82) is 0 Å². The highest BCUT2D eigenvalue weighted by molar-refractivity contribution is 5.91. The van der Waals surface area contributed by atoms with Crippen molar-refractivity contribution in [3.63, 3.8) is 0 Å². The minimum absolute atomic E-state index is 0.0123. The zero-order valence-corrected chi connectivity index (χ0v) is 20.0.